The molecule has 0 aliphatic rings. The number of carboxylic acid groups (broad SMARTS) is 1. The number of carbonyl (C=O) groups excluding carboxylic acids is 1. The van der Waals surface area contributed by atoms with E-state index < -0.39 is 17.9 Å². The van der Waals surface area contributed by atoms with Crippen molar-refractivity contribution in [3.05, 3.63) is 23.0 Å². The lowest BCUT2D eigenvalue weighted by Crippen LogP contribution is -2.41. The van der Waals surface area contributed by atoms with Gasteiger partial charge in [-0.3, -0.25) is 4.79 Å². The summed E-state index contributed by atoms with van der Waals surface area (Å²) in [6.07, 6.45) is 1.08. The van der Waals surface area contributed by atoms with Crippen LogP contribution >= 0.6 is 0 Å². The number of carbonyl (C=O) groups is 2. The zero-order valence-electron chi connectivity index (χ0n) is 10.7. The van der Waals surface area contributed by atoms with Crippen LogP contribution in [0.3, 0.4) is 0 Å². The Hall–Kier alpha value is -1.98. The van der Waals surface area contributed by atoms with Crippen molar-refractivity contribution in [2.45, 2.75) is 39.7 Å². The van der Waals surface area contributed by atoms with Crippen molar-refractivity contribution in [3.8, 4) is 0 Å². The van der Waals surface area contributed by atoms with Crippen molar-refractivity contribution in [1.82, 2.24) is 15.5 Å². The lowest BCUT2D eigenvalue weighted by atomic mass is 10.1. The first-order chi connectivity index (χ1) is 8.45. The minimum atomic E-state index is -1.03. The predicted octanol–water partition coefficient (Wildman–Crippen LogP) is 1.08. The second-order valence-corrected chi connectivity index (χ2v) is 4.14. The van der Waals surface area contributed by atoms with Crippen LogP contribution in [0.15, 0.2) is 6.07 Å². The van der Waals surface area contributed by atoms with E-state index in [1.807, 2.05) is 6.92 Å². The molecule has 6 nitrogen and oxygen atoms in total. The topological polar surface area (TPSA) is 92.2 Å². The molecule has 0 fully saturated rings. The maximum absolute atomic E-state index is 12.0. The van der Waals surface area contributed by atoms with Crippen LogP contribution in [0.4, 0.5) is 0 Å². The van der Waals surface area contributed by atoms with Gasteiger partial charge in [-0.2, -0.15) is 10.2 Å². The first-order valence-corrected chi connectivity index (χ1v) is 5.80. The first-order valence-electron chi connectivity index (χ1n) is 5.80. The molecule has 2 N–H and O–H groups in total. The van der Waals surface area contributed by atoms with E-state index in [9.17, 15) is 9.59 Å². The molecular weight excluding hydrogens is 234 g/mol. The molecule has 0 aliphatic carbocycles. The van der Waals surface area contributed by atoms with Crippen LogP contribution in [0.1, 0.15) is 41.5 Å². The van der Waals surface area contributed by atoms with Gasteiger partial charge in [0.2, 0.25) is 0 Å². The second kappa shape index (κ2) is 6.09. The van der Waals surface area contributed by atoms with E-state index in [4.69, 9.17) is 5.11 Å². The Morgan fingerprint density at radius 1 is 1.39 bits per heavy atom. The van der Waals surface area contributed by atoms with E-state index in [-0.39, 0.29) is 0 Å². The Bertz CT molecular complexity index is 460. The highest BCUT2D eigenvalue weighted by molar-refractivity contribution is 5.97. The molecule has 0 spiro atoms. The maximum atomic E-state index is 12.0. The number of hydrogen-bond acceptors (Lipinski definition) is 4. The van der Waals surface area contributed by atoms with Gasteiger partial charge in [-0.1, -0.05) is 13.3 Å². The molecule has 98 valence electrons. The van der Waals surface area contributed by atoms with Crippen molar-refractivity contribution < 1.29 is 14.7 Å². The highest BCUT2D eigenvalue weighted by Crippen LogP contribution is 2.07. The van der Waals surface area contributed by atoms with Crippen LogP contribution in [0.2, 0.25) is 0 Å². The number of aryl methyl sites for hydroxylation is 2. The summed E-state index contributed by atoms with van der Waals surface area (Å²) in [4.78, 5) is 22.9. The number of rotatable bonds is 5. The highest BCUT2D eigenvalue weighted by Gasteiger charge is 2.21. The fourth-order valence-electron chi connectivity index (χ4n) is 1.56. The quantitative estimate of drug-likeness (QED) is 0.816. The Balaban J connectivity index is 2.86. The number of carboxylic acids is 1. The molecule has 1 atom stereocenters. The molecule has 0 aromatic carbocycles. The van der Waals surface area contributed by atoms with Gasteiger partial charge in [-0.25, -0.2) is 4.79 Å². The Labute approximate surface area is 105 Å². The third kappa shape index (κ3) is 3.51. The lowest BCUT2D eigenvalue weighted by molar-refractivity contribution is -0.139. The van der Waals surface area contributed by atoms with Gasteiger partial charge in [0.05, 0.1) is 17.0 Å². The number of hydrogen-bond donors (Lipinski definition) is 2. The van der Waals surface area contributed by atoms with Gasteiger partial charge in [-0.05, 0) is 26.3 Å². The fourth-order valence-corrected chi connectivity index (χ4v) is 1.56. The molecule has 18 heavy (non-hydrogen) atoms. The third-order valence-electron chi connectivity index (χ3n) is 2.53. The molecule has 1 heterocycles. The van der Waals surface area contributed by atoms with E-state index in [0.29, 0.717) is 29.8 Å². The molecule has 0 saturated carbocycles. The normalized spacial score (nSPS) is 11.9. The Kier molecular flexibility index (Phi) is 4.76. The van der Waals surface area contributed by atoms with Gasteiger partial charge in [0.25, 0.3) is 5.91 Å². The average Bonchev–Trinajstić information content (AvgIpc) is 2.31. The van der Waals surface area contributed by atoms with E-state index >= 15 is 0 Å². The van der Waals surface area contributed by atoms with Crippen LogP contribution in [0.5, 0.6) is 0 Å². The van der Waals surface area contributed by atoms with Crippen LogP contribution in [0, 0.1) is 13.8 Å². The standard InChI is InChI=1S/C12H17N3O3/c1-4-5-10(12(17)18)13-11(16)9-6-7(2)14-15-8(9)3/h6,10H,4-5H2,1-3H3,(H,13,16)(H,17,18)/t10-/m1/s1. The van der Waals surface area contributed by atoms with Gasteiger partial charge in [0.15, 0.2) is 0 Å². The van der Waals surface area contributed by atoms with E-state index in [1.54, 1.807) is 19.9 Å². The highest BCUT2D eigenvalue weighted by atomic mass is 16.4. The van der Waals surface area contributed by atoms with Crippen molar-refractivity contribution >= 4 is 11.9 Å². The van der Waals surface area contributed by atoms with Crippen LogP contribution in [0.25, 0.3) is 0 Å². The Morgan fingerprint density at radius 3 is 2.61 bits per heavy atom. The molecule has 1 rings (SSSR count). The molecule has 1 aromatic rings. The summed E-state index contributed by atoms with van der Waals surface area (Å²) in [6, 6.07) is 0.734. The summed E-state index contributed by atoms with van der Waals surface area (Å²) < 4.78 is 0. The largest absolute Gasteiger partial charge is 0.480 e. The molecule has 0 unspecified atom stereocenters. The number of nitrogens with one attached hydrogen (secondary N) is 1. The summed E-state index contributed by atoms with van der Waals surface area (Å²) in [6.45, 7) is 5.26. The van der Waals surface area contributed by atoms with Gasteiger partial charge >= 0.3 is 5.97 Å². The summed E-state index contributed by atoms with van der Waals surface area (Å²) in [5.41, 5.74) is 1.47. The van der Waals surface area contributed by atoms with E-state index in [1.165, 1.54) is 0 Å². The number of amides is 1. The molecule has 0 saturated heterocycles. The molecule has 0 bridgehead atoms. The molecule has 0 aliphatic heterocycles. The molecular formula is C12H17N3O3. The second-order valence-electron chi connectivity index (χ2n) is 4.14. The van der Waals surface area contributed by atoms with Crippen molar-refractivity contribution in [3.63, 3.8) is 0 Å². The minimum absolute atomic E-state index is 0.366. The van der Waals surface area contributed by atoms with E-state index in [2.05, 4.69) is 15.5 Å². The van der Waals surface area contributed by atoms with Gasteiger partial charge in [0, 0.05) is 0 Å². The first kappa shape index (κ1) is 14.1. The van der Waals surface area contributed by atoms with Crippen molar-refractivity contribution in [2.24, 2.45) is 0 Å². The summed E-state index contributed by atoms with van der Waals surface area (Å²) in [5, 5.41) is 19.1. The zero-order chi connectivity index (χ0) is 13.7. The third-order valence-corrected chi connectivity index (χ3v) is 2.53. The zero-order valence-corrected chi connectivity index (χ0v) is 10.7. The maximum Gasteiger partial charge on any atom is 0.326 e. The number of aromatic nitrogens is 2. The molecule has 6 heteroatoms. The van der Waals surface area contributed by atoms with Gasteiger partial charge < -0.3 is 10.4 Å². The van der Waals surface area contributed by atoms with E-state index in [0.717, 1.165) is 0 Å². The Morgan fingerprint density at radius 2 is 2.06 bits per heavy atom. The SMILES string of the molecule is CCC[C@@H](NC(=O)c1cc(C)nnc1C)C(=O)O. The lowest BCUT2D eigenvalue weighted by Gasteiger charge is -2.14. The smallest absolute Gasteiger partial charge is 0.326 e. The number of nitrogens with zero attached hydrogens (tertiary/aromatic N) is 2. The molecule has 1 aromatic heterocycles. The monoisotopic (exact) mass is 251 g/mol. The van der Waals surface area contributed by atoms with Crippen LogP contribution in [-0.2, 0) is 4.79 Å². The minimum Gasteiger partial charge on any atom is -0.480 e. The summed E-state index contributed by atoms with van der Waals surface area (Å²) in [5.74, 6) is -1.45. The average molecular weight is 251 g/mol. The number of aliphatic carboxylic acids is 1. The van der Waals surface area contributed by atoms with Gasteiger partial charge in [0.1, 0.15) is 6.04 Å². The fraction of sp³-hybridized carbons (Fsp3) is 0.500. The predicted molar refractivity (Wildman–Crippen MR) is 65.3 cm³/mol. The van der Waals surface area contributed by atoms with Crippen LogP contribution in [-0.4, -0.2) is 33.2 Å². The van der Waals surface area contributed by atoms with Gasteiger partial charge in [-0.15, -0.1) is 0 Å². The van der Waals surface area contributed by atoms with Crippen LogP contribution < -0.4 is 5.32 Å². The van der Waals surface area contributed by atoms with Crippen molar-refractivity contribution in [2.75, 3.05) is 0 Å². The molecule has 0 radical (unpaired) electrons. The summed E-state index contributed by atoms with van der Waals surface area (Å²) >= 11 is 0. The molecule has 1 amide bonds. The van der Waals surface area contributed by atoms with Crippen molar-refractivity contribution in [1.29, 1.82) is 0 Å². The summed E-state index contributed by atoms with van der Waals surface area (Å²) in [7, 11) is 0.